The Morgan fingerprint density at radius 1 is 0.804 bits per heavy atom. The molecule has 10 nitrogen and oxygen atoms in total. The van der Waals surface area contributed by atoms with Crippen molar-refractivity contribution < 1.29 is 47.6 Å². The summed E-state index contributed by atoms with van der Waals surface area (Å²) in [5.74, 6) is -1.77. The van der Waals surface area contributed by atoms with Gasteiger partial charge in [-0.15, -0.1) is 0 Å². The molecule has 0 saturated carbocycles. The number of benzene rings is 1. The summed E-state index contributed by atoms with van der Waals surface area (Å²) in [5.41, 5.74) is 2.07. The molecule has 0 spiro atoms. The molecule has 0 aliphatic rings. The zero-order valence-electron chi connectivity index (χ0n) is 28.9. The molecule has 0 aromatic heterocycles. The first-order chi connectivity index (χ1) is 21.8. The minimum Gasteiger partial charge on any atom is -0.497 e. The average molecular weight is 647 g/mol. The molecular weight excluding hydrogens is 592 g/mol. The highest BCUT2D eigenvalue weighted by atomic mass is 16.6. The first-order valence-electron chi connectivity index (χ1n) is 15.9. The van der Waals surface area contributed by atoms with Crippen LogP contribution in [-0.4, -0.2) is 62.0 Å². The number of carbonyl (C=O) groups is 4. The molecule has 0 fully saturated rings. The molecule has 1 rings (SSSR count). The molecule has 0 saturated heterocycles. The topological polar surface area (TPSA) is 124 Å². The Labute approximate surface area is 274 Å². The van der Waals surface area contributed by atoms with Crippen molar-refractivity contribution in [2.24, 2.45) is 11.8 Å². The normalized spacial score (nSPS) is 15.3. The van der Waals surface area contributed by atoms with E-state index in [1.165, 1.54) is 26.8 Å². The fourth-order valence-corrected chi connectivity index (χ4v) is 5.20. The van der Waals surface area contributed by atoms with Gasteiger partial charge >= 0.3 is 23.9 Å². The largest absolute Gasteiger partial charge is 0.497 e. The monoisotopic (exact) mass is 646 g/mol. The Morgan fingerprint density at radius 2 is 1.35 bits per heavy atom. The maximum absolute atomic E-state index is 12.8. The maximum atomic E-state index is 12.8. The third-order valence-corrected chi connectivity index (χ3v) is 7.72. The fourth-order valence-electron chi connectivity index (χ4n) is 5.20. The van der Waals surface area contributed by atoms with Gasteiger partial charge < -0.3 is 28.4 Å². The van der Waals surface area contributed by atoms with Crippen LogP contribution < -0.4 is 4.74 Å². The number of hydrogen-bond donors (Lipinski definition) is 0. The summed E-state index contributed by atoms with van der Waals surface area (Å²) in [4.78, 5) is 48.8. The lowest BCUT2D eigenvalue weighted by molar-refractivity contribution is -0.156. The van der Waals surface area contributed by atoms with Crippen molar-refractivity contribution in [2.75, 3.05) is 13.7 Å². The number of esters is 4. The highest BCUT2D eigenvalue weighted by molar-refractivity contribution is 5.72. The highest BCUT2D eigenvalue weighted by Crippen LogP contribution is 2.28. The lowest BCUT2D eigenvalue weighted by atomic mass is 9.88. The van der Waals surface area contributed by atoms with Crippen molar-refractivity contribution in [3.05, 3.63) is 54.1 Å². The first kappa shape index (κ1) is 40.4. The lowest BCUT2D eigenvalue weighted by Crippen LogP contribution is -2.36. The second kappa shape index (κ2) is 22.0. The van der Waals surface area contributed by atoms with Gasteiger partial charge in [-0.25, -0.2) is 0 Å². The first-order valence-corrected chi connectivity index (χ1v) is 15.9. The summed E-state index contributed by atoms with van der Waals surface area (Å²) in [6.45, 7) is 15.7. The maximum Gasteiger partial charge on any atom is 0.311 e. The van der Waals surface area contributed by atoms with E-state index in [1.807, 2.05) is 51.1 Å². The van der Waals surface area contributed by atoms with Crippen molar-refractivity contribution in [2.45, 2.75) is 118 Å². The molecule has 6 atom stereocenters. The van der Waals surface area contributed by atoms with Gasteiger partial charge in [-0.3, -0.25) is 19.2 Å². The van der Waals surface area contributed by atoms with E-state index in [4.69, 9.17) is 28.4 Å². The van der Waals surface area contributed by atoms with Crippen molar-refractivity contribution in [1.82, 2.24) is 0 Å². The number of ether oxygens (including phenoxy) is 6. The molecule has 1 aromatic carbocycles. The fraction of sp³-hybridized carbons (Fsp3) is 0.611. The van der Waals surface area contributed by atoms with Crippen LogP contribution in [0.15, 0.2) is 48.6 Å². The number of methoxy groups -OCH3 is 1. The standard InChI is InChI=1S/C36H54O10/c1-10-20-42-36(40)26(5)35(43-23-30-14-18-31(41-9)19-15-30)25(4)13-17-33(45-28(7)38)22-34(46-29(8)39)21-32(44-27(6)37)16-12-24(3)11-2/h10-11,14-15,18-19,25-26,32-35H,1,12-13,16-17,20-23H2,2-9H3/b24-11+/t25-,26+,32+,33+,34+,35+/m1/s1. The van der Waals surface area contributed by atoms with Crippen LogP contribution in [0.3, 0.4) is 0 Å². The van der Waals surface area contributed by atoms with E-state index in [0.717, 1.165) is 23.3 Å². The number of rotatable bonds is 22. The smallest absolute Gasteiger partial charge is 0.311 e. The summed E-state index contributed by atoms with van der Waals surface area (Å²) in [6, 6.07) is 7.48. The average Bonchev–Trinajstić information content (AvgIpc) is 3.00. The van der Waals surface area contributed by atoms with E-state index in [1.54, 1.807) is 14.0 Å². The highest BCUT2D eigenvalue weighted by Gasteiger charge is 2.32. The van der Waals surface area contributed by atoms with Crippen molar-refractivity contribution >= 4 is 23.9 Å². The number of hydrogen-bond acceptors (Lipinski definition) is 10. The minimum atomic E-state index is -0.651. The van der Waals surface area contributed by atoms with Crippen LogP contribution in [-0.2, 0) is 49.5 Å². The Balaban J connectivity index is 3.12. The summed E-state index contributed by atoms with van der Waals surface area (Å²) in [7, 11) is 1.60. The Morgan fingerprint density at radius 3 is 1.85 bits per heavy atom. The molecule has 0 radical (unpaired) electrons. The molecule has 0 N–H and O–H groups in total. The summed E-state index contributed by atoms with van der Waals surface area (Å²) in [5, 5.41) is 0. The van der Waals surface area contributed by atoms with Crippen LogP contribution in [0.5, 0.6) is 5.75 Å². The molecule has 0 heterocycles. The summed E-state index contributed by atoms with van der Waals surface area (Å²) < 4.78 is 33.8. The van der Waals surface area contributed by atoms with Gasteiger partial charge in [-0.2, -0.15) is 0 Å². The van der Waals surface area contributed by atoms with Gasteiger partial charge in [0.05, 0.1) is 25.7 Å². The SMILES string of the molecule is C=CCOC(=O)[C@@H](C)[C@@H](OCc1ccc(OC)cc1)[C@H](C)CC[C@@H](C[C@H](C[C@H](CC/C(C)=C/C)OC(C)=O)OC(C)=O)OC(C)=O. The quantitative estimate of drug-likeness (QED) is 0.0765. The third kappa shape index (κ3) is 16.6. The molecule has 258 valence electrons. The van der Waals surface area contributed by atoms with E-state index < -0.39 is 54.2 Å². The predicted octanol–water partition coefficient (Wildman–Crippen LogP) is 6.68. The van der Waals surface area contributed by atoms with Gasteiger partial charge in [0, 0.05) is 33.6 Å². The molecule has 0 aliphatic heterocycles. The Bertz CT molecular complexity index is 1130. The second-order valence-electron chi connectivity index (χ2n) is 11.7. The molecule has 10 heteroatoms. The molecule has 1 aromatic rings. The second-order valence-corrected chi connectivity index (χ2v) is 11.7. The van der Waals surface area contributed by atoms with Gasteiger partial charge in [-0.1, -0.05) is 43.4 Å². The molecule has 46 heavy (non-hydrogen) atoms. The molecule has 0 unspecified atom stereocenters. The van der Waals surface area contributed by atoms with Crippen molar-refractivity contribution in [1.29, 1.82) is 0 Å². The minimum absolute atomic E-state index is 0.0947. The van der Waals surface area contributed by atoms with E-state index in [2.05, 4.69) is 6.58 Å². The van der Waals surface area contributed by atoms with E-state index in [0.29, 0.717) is 19.3 Å². The third-order valence-electron chi connectivity index (χ3n) is 7.72. The van der Waals surface area contributed by atoms with Gasteiger partial charge in [-0.05, 0) is 70.1 Å². The zero-order valence-corrected chi connectivity index (χ0v) is 28.9. The van der Waals surface area contributed by atoms with Gasteiger partial charge in [0.25, 0.3) is 0 Å². The molecular formula is C36H54O10. The van der Waals surface area contributed by atoms with Crippen LogP contribution in [0.1, 0.15) is 92.6 Å². The molecule has 0 bridgehead atoms. The van der Waals surface area contributed by atoms with Crippen molar-refractivity contribution in [3.63, 3.8) is 0 Å². The number of allylic oxidation sites excluding steroid dienone is 2. The van der Waals surface area contributed by atoms with E-state index >= 15 is 0 Å². The zero-order chi connectivity index (χ0) is 34.6. The van der Waals surface area contributed by atoms with E-state index in [9.17, 15) is 19.2 Å². The van der Waals surface area contributed by atoms with Crippen molar-refractivity contribution in [3.8, 4) is 5.75 Å². The summed E-state index contributed by atoms with van der Waals surface area (Å²) in [6.07, 6.45) is 4.01. The van der Waals surface area contributed by atoms with Crippen LogP contribution >= 0.6 is 0 Å². The molecule has 0 aliphatic carbocycles. The number of carbonyl (C=O) groups excluding carboxylic acids is 4. The van der Waals surface area contributed by atoms with Crippen LogP contribution in [0, 0.1) is 11.8 Å². The summed E-state index contributed by atoms with van der Waals surface area (Å²) >= 11 is 0. The Hall–Kier alpha value is -3.66. The van der Waals surface area contributed by atoms with Gasteiger partial charge in [0.2, 0.25) is 0 Å². The van der Waals surface area contributed by atoms with Crippen LogP contribution in [0.25, 0.3) is 0 Å². The van der Waals surface area contributed by atoms with Crippen LogP contribution in [0.2, 0.25) is 0 Å². The van der Waals surface area contributed by atoms with Crippen LogP contribution in [0.4, 0.5) is 0 Å². The lowest BCUT2D eigenvalue weighted by Gasteiger charge is -2.31. The van der Waals surface area contributed by atoms with Gasteiger partial charge in [0.15, 0.2) is 0 Å². The Kier molecular flexibility index (Phi) is 19.3. The van der Waals surface area contributed by atoms with E-state index in [-0.39, 0.29) is 32.0 Å². The predicted molar refractivity (Wildman–Crippen MR) is 175 cm³/mol. The molecule has 0 amide bonds. The van der Waals surface area contributed by atoms with Gasteiger partial charge in [0.1, 0.15) is 30.7 Å².